The molecule has 0 radical (unpaired) electrons. The lowest BCUT2D eigenvalue weighted by Crippen LogP contribution is -2.40. The summed E-state index contributed by atoms with van der Waals surface area (Å²) in [5.41, 5.74) is 0.568. The predicted octanol–water partition coefficient (Wildman–Crippen LogP) is 2.96. The number of carbonyl (C=O) groups excluding carboxylic acids is 1. The van der Waals surface area contributed by atoms with Crippen LogP contribution in [-0.4, -0.2) is 18.4 Å². The van der Waals surface area contributed by atoms with Gasteiger partial charge < -0.3 is 0 Å². The van der Waals surface area contributed by atoms with Gasteiger partial charge in [-0.05, 0) is 24.6 Å². The Labute approximate surface area is 111 Å². The van der Waals surface area contributed by atoms with E-state index in [1.54, 1.807) is 31.2 Å². The molecule has 0 unspecified atom stereocenters. The molecule has 0 amide bonds. The smallest absolute Gasteiger partial charge is 0.277 e. The Hall–Kier alpha value is -1.82. The van der Waals surface area contributed by atoms with Crippen molar-refractivity contribution in [1.82, 2.24) is 0 Å². The standard InChI is InChI=1S/C14H14O4S/c1-11-7-5-6-10-13(11)14(15)19(16,17,18)12-8-3-2-4-9-12/h2-10H,1H3,(H2,16,17,18). The van der Waals surface area contributed by atoms with Crippen molar-refractivity contribution in [3.8, 4) is 0 Å². The molecule has 2 rings (SSSR count). The second-order valence-electron chi connectivity index (χ2n) is 4.28. The molecule has 2 aromatic carbocycles. The third kappa shape index (κ3) is 2.35. The number of carbonyl (C=O) groups is 1. The van der Waals surface area contributed by atoms with Crippen molar-refractivity contribution in [2.75, 3.05) is 0 Å². The fraction of sp³-hybridized carbons (Fsp3) is 0.0714. The molecule has 0 bridgehead atoms. The molecule has 0 saturated heterocycles. The zero-order valence-corrected chi connectivity index (χ0v) is 11.1. The van der Waals surface area contributed by atoms with E-state index in [4.69, 9.17) is 0 Å². The third-order valence-electron chi connectivity index (χ3n) is 2.87. The van der Waals surface area contributed by atoms with Crippen LogP contribution in [0.4, 0.5) is 0 Å². The van der Waals surface area contributed by atoms with Gasteiger partial charge in [0, 0.05) is 5.56 Å². The molecule has 19 heavy (non-hydrogen) atoms. The molecular weight excluding hydrogens is 264 g/mol. The third-order valence-corrected chi connectivity index (χ3v) is 4.88. The number of benzene rings is 2. The van der Waals surface area contributed by atoms with Crippen LogP contribution in [0.1, 0.15) is 15.9 Å². The molecule has 0 aromatic heterocycles. The van der Waals surface area contributed by atoms with Gasteiger partial charge in [-0.1, -0.05) is 42.5 Å². The Kier molecular flexibility index (Phi) is 3.14. The molecule has 0 aliphatic carbocycles. The first-order chi connectivity index (χ1) is 8.81. The second kappa shape index (κ2) is 4.38. The maximum absolute atomic E-state index is 12.4. The topological polar surface area (TPSA) is 74.6 Å². The minimum Gasteiger partial charge on any atom is -0.298 e. The van der Waals surface area contributed by atoms with Crippen molar-refractivity contribution in [3.63, 3.8) is 0 Å². The van der Waals surface area contributed by atoms with Gasteiger partial charge in [-0.15, -0.1) is 0 Å². The lowest BCUT2D eigenvalue weighted by molar-refractivity contribution is 0.104. The minimum atomic E-state index is -5.55. The SMILES string of the molecule is Cc1ccccc1C(=O)S(=O)(O)(O)c1ccccc1. The van der Waals surface area contributed by atoms with Crippen LogP contribution in [-0.2, 0) is 9.63 Å². The lowest BCUT2D eigenvalue weighted by atomic mass is 10.1. The van der Waals surface area contributed by atoms with Crippen LogP contribution in [0.25, 0.3) is 0 Å². The molecule has 0 aliphatic heterocycles. The van der Waals surface area contributed by atoms with Crippen molar-refractivity contribution in [2.24, 2.45) is 0 Å². The van der Waals surface area contributed by atoms with Gasteiger partial charge in [-0.2, -0.15) is 0 Å². The highest BCUT2D eigenvalue weighted by Crippen LogP contribution is 2.33. The molecule has 0 fully saturated rings. The average Bonchev–Trinajstić information content (AvgIpc) is 2.39. The molecule has 0 atom stereocenters. The summed E-state index contributed by atoms with van der Waals surface area (Å²) in [5, 5.41) is -1.18. The van der Waals surface area contributed by atoms with Gasteiger partial charge in [0.1, 0.15) is 0 Å². The molecule has 5 heteroatoms. The van der Waals surface area contributed by atoms with Crippen LogP contribution < -0.4 is 0 Å². The average molecular weight is 278 g/mol. The largest absolute Gasteiger partial charge is 0.298 e. The van der Waals surface area contributed by atoms with E-state index in [1.807, 2.05) is 0 Å². The van der Waals surface area contributed by atoms with Gasteiger partial charge in [-0.3, -0.25) is 13.9 Å². The van der Waals surface area contributed by atoms with E-state index in [-0.39, 0.29) is 10.5 Å². The first-order valence-electron chi connectivity index (χ1n) is 5.63. The molecule has 0 aliphatic rings. The highest BCUT2D eigenvalue weighted by molar-refractivity contribution is 8.23. The zero-order chi connectivity index (χ0) is 14.1. The first kappa shape index (κ1) is 13.6. The fourth-order valence-electron chi connectivity index (χ4n) is 1.77. The Morgan fingerprint density at radius 1 is 0.947 bits per heavy atom. The predicted molar refractivity (Wildman–Crippen MR) is 73.6 cm³/mol. The van der Waals surface area contributed by atoms with E-state index >= 15 is 0 Å². The molecule has 100 valence electrons. The summed E-state index contributed by atoms with van der Waals surface area (Å²) in [6.07, 6.45) is 0. The Bertz CT molecular complexity index is 686. The fourth-order valence-corrected chi connectivity index (χ4v) is 3.26. The first-order valence-corrected chi connectivity index (χ1v) is 7.51. The van der Waals surface area contributed by atoms with E-state index in [2.05, 4.69) is 0 Å². The summed E-state index contributed by atoms with van der Waals surface area (Å²) >= 11 is 0. The van der Waals surface area contributed by atoms with E-state index in [0.717, 1.165) is 0 Å². The summed E-state index contributed by atoms with van der Waals surface area (Å²) in [5.74, 6) is 0. The van der Waals surface area contributed by atoms with Gasteiger partial charge >= 0.3 is 0 Å². The van der Waals surface area contributed by atoms with E-state index in [0.29, 0.717) is 5.56 Å². The van der Waals surface area contributed by atoms with Gasteiger partial charge in [0.15, 0.2) is 9.63 Å². The molecular formula is C14H14O4S. The summed E-state index contributed by atoms with van der Waals surface area (Å²) in [6, 6.07) is 13.5. The summed E-state index contributed by atoms with van der Waals surface area (Å²) in [4.78, 5) is 11.9. The van der Waals surface area contributed by atoms with Crippen molar-refractivity contribution >= 4 is 14.7 Å². The Morgan fingerprint density at radius 3 is 2.05 bits per heavy atom. The second-order valence-corrected chi connectivity index (χ2v) is 6.85. The van der Waals surface area contributed by atoms with Crippen LogP contribution in [0.3, 0.4) is 0 Å². The van der Waals surface area contributed by atoms with Crippen LogP contribution in [0.5, 0.6) is 0 Å². The number of aryl methyl sites for hydroxylation is 1. The van der Waals surface area contributed by atoms with Crippen molar-refractivity contribution < 1.29 is 18.1 Å². The Balaban J connectivity index is 2.60. The molecule has 2 aromatic rings. The summed E-state index contributed by atoms with van der Waals surface area (Å²) in [6.45, 7) is 1.64. The van der Waals surface area contributed by atoms with Gasteiger partial charge in [0.2, 0.25) is 0 Å². The highest BCUT2D eigenvalue weighted by atomic mass is 32.3. The molecule has 2 N–H and O–H groups in total. The van der Waals surface area contributed by atoms with Crippen LogP contribution in [0, 0.1) is 6.92 Å². The molecule has 0 saturated carbocycles. The zero-order valence-electron chi connectivity index (χ0n) is 10.3. The number of hydrogen-bond donors (Lipinski definition) is 2. The lowest BCUT2D eigenvalue weighted by Gasteiger charge is -2.29. The maximum Gasteiger partial charge on any atom is 0.277 e. The van der Waals surface area contributed by atoms with Crippen molar-refractivity contribution in [3.05, 3.63) is 65.7 Å². The normalized spacial score (nSPS) is 13.5. The minimum absolute atomic E-state index is 0.0355. The monoisotopic (exact) mass is 278 g/mol. The maximum atomic E-state index is 12.4. The van der Waals surface area contributed by atoms with Gasteiger partial charge in [-0.25, -0.2) is 4.21 Å². The molecule has 4 nitrogen and oxygen atoms in total. The van der Waals surface area contributed by atoms with E-state index in [9.17, 15) is 18.1 Å². The Morgan fingerprint density at radius 2 is 1.47 bits per heavy atom. The van der Waals surface area contributed by atoms with Crippen LogP contribution in [0.2, 0.25) is 0 Å². The van der Waals surface area contributed by atoms with Crippen molar-refractivity contribution in [1.29, 1.82) is 0 Å². The quantitative estimate of drug-likeness (QED) is 0.885. The summed E-state index contributed by atoms with van der Waals surface area (Å²) < 4.78 is 32.5. The number of rotatable bonds is 2. The van der Waals surface area contributed by atoms with E-state index < -0.39 is 14.7 Å². The van der Waals surface area contributed by atoms with Crippen LogP contribution in [0.15, 0.2) is 59.5 Å². The van der Waals surface area contributed by atoms with Crippen LogP contribution >= 0.6 is 0 Å². The van der Waals surface area contributed by atoms with Gasteiger partial charge in [0.25, 0.3) is 5.12 Å². The summed E-state index contributed by atoms with van der Waals surface area (Å²) in [7, 11) is -5.55. The van der Waals surface area contributed by atoms with Gasteiger partial charge in [0.05, 0.1) is 4.90 Å². The molecule has 0 heterocycles. The molecule has 0 spiro atoms. The highest BCUT2D eigenvalue weighted by Gasteiger charge is 2.42. The van der Waals surface area contributed by atoms with E-state index in [1.165, 1.54) is 30.3 Å². The van der Waals surface area contributed by atoms with Crippen molar-refractivity contribution in [2.45, 2.75) is 11.8 Å². The number of hydrogen-bond acceptors (Lipinski definition) is 2.